The number of aryl methyl sites for hydroxylation is 1. The molecule has 2 aromatic carbocycles. The van der Waals surface area contributed by atoms with E-state index in [-0.39, 0.29) is 11.4 Å². The predicted molar refractivity (Wildman–Crippen MR) is 135 cm³/mol. The van der Waals surface area contributed by atoms with Crippen LogP contribution >= 0.6 is 11.3 Å². The van der Waals surface area contributed by atoms with Crippen LogP contribution in [0.5, 0.6) is 0 Å². The molecular formula is C25H21N5O3S2. The minimum atomic E-state index is -3.93. The molecule has 0 aliphatic carbocycles. The van der Waals surface area contributed by atoms with Gasteiger partial charge in [0.2, 0.25) is 10.0 Å². The van der Waals surface area contributed by atoms with Crippen molar-refractivity contribution in [3.05, 3.63) is 106 Å². The maximum absolute atomic E-state index is 12.9. The van der Waals surface area contributed by atoms with Crippen LogP contribution in [0.3, 0.4) is 0 Å². The van der Waals surface area contributed by atoms with Crippen molar-refractivity contribution in [3.63, 3.8) is 0 Å². The summed E-state index contributed by atoms with van der Waals surface area (Å²) in [7, 11) is -3.93. The SMILES string of the molecule is Cc1sc(N(Cc2ccccc2)c2ccc(C#N)cc2)nc1C(=O)NS(=O)(=O)Cc1ccncc1. The Balaban J connectivity index is 1.61. The highest BCUT2D eigenvalue weighted by Crippen LogP contribution is 2.33. The van der Waals surface area contributed by atoms with E-state index in [0.29, 0.717) is 27.7 Å². The maximum atomic E-state index is 12.9. The highest BCUT2D eigenvalue weighted by Gasteiger charge is 2.24. The number of nitriles is 1. The molecule has 0 aliphatic rings. The molecule has 0 saturated carbocycles. The van der Waals surface area contributed by atoms with Gasteiger partial charge in [-0.15, -0.1) is 11.3 Å². The van der Waals surface area contributed by atoms with Gasteiger partial charge < -0.3 is 4.90 Å². The van der Waals surface area contributed by atoms with Gasteiger partial charge in [0.15, 0.2) is 5.13 Å². The van der Waals surface area contributed by atoms with E-state index in [1.165, 1.54) is 23.7 Å². The Hall–Kier alpha value is -4.07. The molecule has 2 heterocycles. The number of carbonyl (C=O) groups excluding carboxylic acids is 1. The minimum absolute atomic E-state index is 0.0509. The number of nitrogens with zero attached hydrogens (tertiary/aromatic N) is 4. The average Bonchev–Trinajstić information content (AvgIpc) is 3.25. The number of sulfonamides is 1. The third kappa shape index (κ3) is 6.09. The fourth-order valence-corrected chi connectivity index (χ4v) is 5.39. The fraction of sp³-hybridized carbons (Fsp3) is 0.120. The summed E-state index contributed by atoms with van der Waals surface area (Å²) in [6.07, 6.45) is 2.99. The summed E-state index contributed by atoms with van der Waals surface area (Å²) >= 11 is 1.29. The molecule has 0 bridgehead atoms. The summed E-state index contributed by atoms with van der Waals surface area (Å²) in [6.45, 7) is 2.20. The summed E-state index contributed by atoms with van der Waals surface area (Å²) < 4.78 is 27.2. The lowest BCUT2D eigenvalue weighted by atomic mass is 10.2. The third-order valence-corrected chi connectivity index (χ3v) is 7.28. The lowest BCUT2D eigenvalue weighted by molar-refractivity contribution is 0.0976. The van der Waals surface area contributed by atoms with Gasteiger partial charge in [-0.1, -0.05) is 30.3 Å². The minimum Gasteiger partial charge on any atom is -0.313 e. The molecule has 4 rings (SSSR count). The molecule has 2 aromatic heterocycles. The number of nitrogens with one attached hydrogen (secondary N) is 1. The lowest BCUT2D eigenvalue weighted by Gasteiger charge is -2.22. The van der Waals surface area contributed by atoms with Gasteiger partial charge in [0.05, 0.1) is 23.9 Å². The summed E-state index contributed by atoms with van der Waals surface area (Å²) in [5.74, 6) is -1.12. The van der Waals surface area contributed by atoms with Gasteiger partial charge in [0.25, 0.3) is 5.91 Å². The van der Waals surface area contributed by atoms with Gasteiger partial charge in [-0.2, -0.15) is 5.26 Å². The lowest BCUT2D eigenvalue weighted by Crippen LogP contribution is -2.32. The molecule has 0 atom stereocenters. The van der Waals surface area contributed by atoms with Gasteiger partial charge in [0.1, 0.15) is 5.69 Å². The Morgan fingerprint density at radius 1 is 1.03 bits per heavy atom. The molecule has 1 N–H and O–H groups in total. The zero-order valence-corrected chi connectivity index (χ0v) is 20.4. The fourth-order valence-electron chi connectivity index (χ4n) is 3.38. The second kappa shape index (κ2) is 10.5. The van der Waals surface area contributed by atoms with Crippen LogP contribution in [0.15, 0.2) is 79.1 Å². The van der Waals surface area contributed by atoms with Gasteiger partial charge in [-0.25, -0.2) is 18.1 Å². The number of amides is 1. The molecule has 0 saturated heterocycles. The molecule has 0 radical (unpaired) electrons. The predicted octanol–water partition coefficient (Wildman–Crippen LogP) is 4.32. The molecule has 10 heteroatoms. The zero-order valence-electron chi connectivity index (χ0n) is 18.7. The van der Waals surface area contributed by atoms with Crippen molar-refractivity contribution in [2.45, 2.75) is 19.2 Å². The van der Waals surface area contributed by atoms with Crippen LogP contribution in [0, 0.1) is 18.3 Å². The number of rotatable bonds is 8. The van der Waals surface area contributed by atoms with Crippen molar-refractivity contribution in [2.75, 3.05) is 4.90 Å². The van der Waals surface area contributed by atoms with E-state index in [1.807, 2.05) is 47.4 Å². The second-order valence-electron chi connectivity index (χ2n) is 7.68. The van der Waals surface area contributed by atoms with Crippen LogP contribution in [-0.4, -0.2) is 24.3 Å². The topological polar surface area (TPSA) is 116 Å². The van der Waals surface area contributed by atoms with Crippen molar-refractivity contribution in [3.8, 4) is 6.07 Å². The molecule has 176 valence electrons. The normalized spacial score (nSPS) is 11.0. The second-order valence-corrected chi connectivity index (χ2v) is 10.6. The molecule has 0 spiro atoms. The van der Waals surface area contributed by atoms with Crippen molar-refractivity contribution in [1.82, 2.24) is 14.7 Å². The van der Waals surface area contributed by atoms with E-state index in [4.69, 9.17) is 5.26 Å². The summed E-state index contributed by atoms with van der Waals surface area (Å²) in [5.41, 5.74) is 2.92. The number of hydrogen-bond acceptors (Lipinski definition) is 8. The van der Waals surface area contributed by atoms with Crippen molar-refractivity contribution < 1.29 is 13.2 Å². The molecule has 4 aromatic rings. The molecular weight excluding hydrogens is 482 g/mol. The Morgan fingerprint density at radius 3 is 2.37 bits per heavy atom. The molecule has 35 heavy (non-hydrogen) atoms. The molecule has 0 fully saturated rings. The van der Waals surface area contributed by atoms with Crippen LogP contribution in [0.4, 0.5) is 10.8 Å². The van der Waals surface area contributed by atoms with E-state index >= 15 is 0 Å². The number of pyridine rings is 1. The number of aromatic nitrogens is 2. The third-order valence-electron chi connectivity index (χ3n) is 5.08. The van der Waals surface area contributed by atoms with E-state index in [2.05, 4.69) is 20.8 Å². The molecule has 8 nitrogen and oxygen atoms in total. The first-order valence-corrected chi connectivity index (χ1v) is 13.0. The largest absolute Gasteiger partial charge is 0.313 e. The van der Waals surface area contributed by atoms with Crippen molar-refractivity contribution in [1.29, 1.82) is 5.26 Å². The monoisotopic (exact) mass is 503 g/mol. The average molecular weight is 504 g/mol. The molecule has 0 aliphatic heterocycles. The van der Waals surface area contributed by atoms with Crippen LogP contribution < -0.4 is 9.62 Å². The highest BCUT2D eigenvalue weighted by atomic mass is 32.2. The van der Waals surface area contributed by atoms with Crippen LogP contribution in [0.25, 0.3) is 0 Å². The summed E-state index contributed by atoms with van der Waals surface area (Å²) in [5, 5.41) is 9.67. The van der Waals surface area contributed by atoms with Gasteiger partial charge in [0, 0.05) is 23.0 Å². The molecule has 0 unspecified atom stereocenters. The number of anilines is 2. The number of thiazole rings is 1. The number of carbonyl (C=O) groups is 1. The number of hydrogen-bond donors (Lipinski definition) is 1. The Morgan fingerprint density at radius 2 is 1.71 bits per heavy atom. The Labute approximate surface area is 207 Å². The van der Waals surface area contributed by atoms with Crippen molar-refractivity contribution >= 4 is 38.1 Å². The first-order valence-electron chi connectivity index (χ1n) is 10.6. The summed E-state index contributed by atoms with van der Waals surface area (Å²) in [6, 6.07) is 22.1. The summed E-state index contributed by atoms with van der Waals surface area (Å²) in [4.78, 5) is 23.8. The Kier molecular flexibility index (Phi) is 7.19. The zero-order chi connectivity index (χ0) is 24.8. The van der Waals surface area contributed by atoms with Crippen molar-refractivity contribution in [2.24, 2.45) is 0 Å². The number of benzene rings is 2. The quantitative estimate of drug-likeness (QED) is 0.381. The maximum Gasteiger partial charge on any atom is 0.284 e. The highest BCUT2D eigenvalue weighted by molar-refractivity contribution is 7.89. The standard InChI is InChI=1S/C25H21N5O3S2/c1-18-23(24(31)29-35(32,33)17-21-11-13-27-14-12-21)28-25(34-18)30(16-20-5-3-2-4-6-20)22-9-7-19(15-26)8-10-22/h2-14H,16-17H2,1H3,(H,29,31). The smallest absolute Gasteiger partial charge is 0.284 e. The van der Waals surface area contributed by atoms with E-state index < -0.39 is 15.9 Å². The first kappa shape index (κ1) is 24.1. The van der Waals surface area contributed by atoms with Gasteiger partial charge >= 0.3 is 0 Å². The van der Waals surface area contributed by atoms with Crippen LogP contribution in [0.1, 0.15) is 32.1 Å². The van der Waals surface area contributed by atoms with Crippen LogP contribution in [0.2, 0.25) is 0 Å². The van der Waals surface area contributed by atoms with Crippen LogP contribution in [-0.2, 0) is 22.3 Å². The first-order chi connectivity index (χ1) is 16.8. The van der Waals surface area contributed by atoms with Gasteiger partial charge in [-0.05, 0) is 54.4 Å². The Bertz CT molecular complexity index is 1460. The molecule has 1 amide bonds. The van der Waals surface area contributed by atoms with Gasteiger partial charge in [-0.3, -0.25) is 9.78 Å². The van der Waals surface area contributed by atoms with E-state index in [9.17, 15) is 13.2 Å². The van der Waals surface area contributed by atoms with E-state index in [0.717, 1.165) is 11.3 Å². The van der Waals surface area contributed by atoms with E-state index in [1.54, 1.807) is 31.2 Å².